The van der Waals surface area contributed by atoms with Crippen LogP contribution in [0.3, 0.4) is 0 Å². The minimum absolute atomic E-state index is 0.0486. The highest BCUT2D eigenvalue weighted by Gasteiger charge is 2.57. The Morgan fingerprint density at radius 2 is 1.67 bits per heavy atom. The van der Waals surface area contributed by atoms with E-state index in [-0.39, 0.29) is 47.5 Å². The quantitative estimate of drug-likeness (QED) is 0.329. The van der Waals surface area contributed by atoms with E-state index in [9.17, 15) is 24.3 Å². The summed E-state index contributed by atoms with van der Waals surface area (Å²) in [6.45, 7) is 1.66. The lowest BCUT2D eigenvalue weighted by Gasteiger charge is -2.42. The van der Waals surface area contributed by atoms with E-state index < -0.39 is 17.8 Å². The third-order valence-corrected chi connectivity index (χ3v) is 9.78. The van der Waals surface area contributed by atoms with Crippen LogP contribution in [-0.2, 0) is 19.2 Å². The molecule has 1 heterocycles. The molecule has 7 rings (SSSR count). The first-order chi connectivity index (χ1) is 18.9. The molecule has 0 unspecified atom stereocenters. The van der Waals surface area contributed by atoms with Gasteiger partial charge in [0.15, 0.2) is 11.6 Å². The number of fused-ring (bicyclic) bond motifs is 4. The maximum absolute atomic E-state index is 14.0. The standard InChI is InChI=1S/C33H31NO5/c1-17-15-26(36)24-16-23-21(12-13-22-27(23)33(39)34(32(22)38)19-8-3-2-4-9-19)29(30(24)31(17)37)28-20-10-6-5-7-18(20)11-14-25(28)35/h5-7,10-12,14-15,19,22-23,27,29,35H,2-4,8-9,13,16H2,1H3/t22-,23+,27-,29+/m0/s1. The number of imide groups is 1. The summed E-state index contributed by atoms with van der Waals surface area (Å²) >= 11 is 0. The van der Waals surface area contributed by atoms with E-state index in [0.717, 1.165) is 48.4 Å². The van der Waals surface area contributed by atoms with Crippen molar-refractivity contribution in [3.8, 4) is 5.75 Å². The summed E-state index contributed by atoms with van der Waals surface area (Å²) < 4.78 is 0. The molecule has 6 nitrogen and oxygen atoms in total. The maximum atomic E-state index is 14.0. The van der Waals surface area contributed by atoms with Crippen molar-refractivity contribution in [2.24, 2.45) is 17.8 Å². The molecule has 0 aromatic heterocycles. The molecule has 1 saturated carbocycles. The highest BCUT2D eigenvalue weighted by atomic mass is 16.3. The minimum Gasteiger partial charge on any atom is -0.508 e. The second-order valence-electron chi connectivity index (χ2n) is 11.8. The van der Waals surface area contributed by atoms with E-state index in [1.54, 1.807) is 17.9 Å². The molecule has 0 radical (unpaired) electrons. The van der Waals surface area contributed by atoms with E-state index in [4.69, 9.17) is 0 Å². The number of likely N-dealkylation sites (tertiary alicyclic amines) is 1. The monoisotopic (exact) mass is 521 g/mol. The van der Waals surface area contributed by atoms with Crippen LogP contribution in [-0.4, -0.2) is 39.4 Å². The molecule has 2 aromatic rings. The zero-order valence-corrected chi connectivity index (χ0v) is 22.0. The number of phenolic OH excluding ortho intramolecular Hbond substituents is 1. The number of hydrogen-bond donors (Lipinski definition) is 1. The summed E-state index contributed by atoms with van der Waals surface area (Å²) in [5.41, 5.74) is 2.68. The van der Waals surface area contributed by atoms with Gasteiger partial charge in [0, 0.05) is 34.2 Å². The number of ketones is 2. The van der Waals surface area contributed by atoms with E-state index in [2.05, 4.69) is 0 Å². The summed E-state index contributed by atoms with van der Waals surface area (Å²) in [6.07, 6.45) is 8.97. The smallest absolute Gasteiger partial charge is 0.233 e. The zero-order valence-electron chi connectivity index (χ0n) is 22.0. The van der Waals surface area contributed by atoms with Gasteiger partial charge in [0.25, 0.3) is 0 Å². The number of amides is 2. The van der Waals surface area contributed by atoms with Crippen molar-refractivity contribution < 1.29 is 24.3 Å². The number of aromatic hydroxyl groups is 1. The van der Waals surface area contributed by atoms with Crippen LogP contribution in [0.5, 0.6) is 5.75 Å². The van der Waals surface area contributed by atoms with Gasteiger partial charge >= 0.3 is 0 Å². The van der Waals surface area contributed by atoms with Crippen LogP contribution in [0.25, 0.3) is 10.8 Å². The van der Waals surface area contributed by atoms with Gasteiger partial charge in [-0.2, -0.15) is 0 Å². The number of carbonyl (C=O) groups excluding carboxylic acids is 4. The molecular formula is C33H31NO5. The molecular weight excluding hydrogens is 490 g/mol. The number of phenols is 1. The topological polar surface area (TPSA) is 91.8 Å². The highest BCUT2D eigenvalue weighted by molar-refractivity contribution is 6.24. The summed E-state index contributed by atoms with van der Waals surface area (Å²) in [7, 11) is 0. The first kappa shape index (κ1) is 24.3. The van der Waals surface area contributed by atoms with Gasteiger partial charge in [0.05, 0.1) is 11.8 Å². The molecule has 198 valence electrons. The average Bonchev–Trinajstić information content (AvgIpc) is 3.21. The molecule has 5 aliphatic rings. The van der Waals surface area contributed by atoms with Gasteiger partial charge in [-0.05, 0) is 61.4 Å². The van der Waals surface area contributed by atoms with Gasteiger partial charge in [-0.25, -0.2) is 0 Å². The second kappa shape index (κ2) is 8.87. The van der Waals surface area contributed by atoms with Gasteiger partial charge in [-0.1, -0.05) is 61.2 Å². The number of nitrogens with zero attached hydrogens (tertiary/aromatic N) is 1. The number of allylic oxidation sites excluding steroid dienone is 6. The number of benzene rings is 2. The van der Waals surface area contributed by atoms with Crippen molar-refractivity contribution in [3.05, 3.63) is 76.4 Å². The Morgan fingerprint density at radius 1 is 0.897 bits per heavy atom. The number of Topliss-reactive ketones (excluding diaryl/α,β-unsaturated/α-hetero) is 1. The second-order valence-corrected chi connectivity index (χ2v) is 11.8. The fourth-order valence-electron chi connectivity index (χ4n) is 8.00. The van der Waals surface area contributed by atoms with E-state index >= 15 is 0 Å². The van der Waals surface area contributed by atoms with Crippen LogP contribution >= 0.6 is 0 Å². The molecule has 0 bridgehead atoms. The molecule has 1 N–H and O–H groups in total. The lowest BCUT2D eigenvalue weighted by molar-refractivity contribution is -0.143. The van der Waals surface area contributed by atoms with Crippen molar-refractivity contribution in [2.75, 3.05) is 0 Å². The molecule has 4 atom stereocenters. The van der Waals surface area contributed by atoms with Gasteiger partial charge in [0.1, 0.15) is 5.75 Å². The molecule has 39 heavy (non-hydrogen) atoms. The molecule has 2 aromatic carbocycles. The van der Waals surface area contributed by atoms with Crippen molar-refractivity contribution in [1.82, 2.24) is 4.90 Å². The first-order valence-electron chi connectivity index (χ1n) is 14.1. The fourth-order valence-corrected chi connectivity index (χ4v) is 8.00. The largest absolute Gasteiger partial charge is 0.508 e. The van der Waals surface area contributed by atoms with Crippen molar-refractivity contribution in [2.45, 2.75) is 63.8 Å². The minimum atomic E-state index is -0.655. The molecule has 1 aliphatic heterocycles. The summed E-state index contributed by atoms with van der Waals surface area (Å²) in [4.78, 5) is 56.3. The van der Waals surface area contributed by atoms with E-state index in [0.29, 0.717) is 28.7 Å². The van der Waals surface area contributed by atoms with Crippen LogP contribution in [0.4, 0.5) is 0 Å². The van der Waals surface area contributed by atoms with Gasteiger partial charge in [-0.15, -0.1) is 0 Å². The zero-order chi connectivity index (χ0) is 27.0. The number of carbonyl (C=O) groups is 4. The lowest BCUT2D eigenvalue weighted by atomic mass is 9.59. The Kier molecular flexibility index (Phi) is 5.51. The van der Waals surface area contributed by atoms with Crippen molar-refractivity contribution >= 4 is 34.2 Å². The predicted molar refractivity (Wildman–Crippen MR) is 146 cm³/mol. The lowest BCUT2D eigenvalue weighted by Crippen LogP contribution is -2.43. The molecule has 6 heteroatoms. The van der Waals surface area contributed by atoms with Crippen LogP contribution in [0, 0.1) is 17.8 Å². The molecule has 1 saturated heterocycles. The number of rotatable bonds is 2. The predicted octanol–water partition coefficient (Wildman–Crippen LogP) is 5.31. The molecule has 2 fully saturated rings. The SMILES string of the molecule is CC1=CC(=O)C2=C(C1=O)[C@@H](c1c(O)ccc3ccccc13)C1=CC[C@@H]3C(=O)N(C4CCCCC4)C(=O)[C@@H]3[C@@H]1C2. The Bertz CT molecular complexity index is 1570. The highest BCUT2D eigenvalue weighted by Crippen LogP contribution is 2.57. The van der Waals surface area contributed by atoms with Gasteiger partial charge in [-0.3, -0.25) is 24.1 Å². The summed E-state index contributed by atoms with van der Waals surface area (Å²) in [5.74, 6) is -2.59. The van der Waals surface area contributed by atoms with Crippen LogP contribution < -0.4 is 0 Å². The molecule has 2 amide bonds. The average molecular weight is 522 g/mol. The van der Waals surface area contributed by atoms with E-state index in [1.807, 2.05) is 36.4 Å². The number of hydrogen-bond acceptors (Lipinski definition) is 5. The van der Waals surface area contributed by atoms with Crippen LogP contribution in [0.2, 0.25) is 0 Å². The van der Waals surface area contributed by atoms with Crippen LogP contribution in [0.1, 0.15) is 63.4 Å². The Balaban J connectivity index is 1.41. The summed E-state index contributed by atoms with van der Waals surface area (Å²) in [5, 5.41) is 13.0. The maximum Gasteiger partial charge on any atom is 0.233 e. The molecule has 0 spiro atoms. The Hall–Kier alpha value is -3.80. The third-order valence-electron chi connectivity index (χ3n) is 9.78. The molecule has 4 aliphatic carbocycles. The normalized spacial score (nSPS) is 29.3. The van der Waals surface area contributed by atoms with Crippen molar-refractivity contribution in [1.29, 1.82) is 0 Å². The van der Waals surface area contributed by atoms with Gasteiger partial charge in [0.2, 0.25) is 11.8 Å². The Morgan fingerprint density at radius 3 is 2.46 bits per heavy atom. The summed E-state index contributed by atoms with van der Waals surface area (Å²) in [6, 6.07) is 11.1. The van der Waals surface area contributed by atoms with E-state index in [1.165, 1.54) is 6.08 Å². The van der Waals surface area contributed by atoms with Crippen molar-refractivity contribution in [3.63, 3.8) is 0 Å². The van der Waals surface area contributed by atoms with Crippen LogP contribution in [0.15, 0.2) is 70.8 Å². The Labute approximate surface area is 227 Å². The third kappa shape index (κ3) is 3.46. The first-order valence-corrected chi connectivity index (χ1v) is 14.1. The fraction of sp³-hybridized carbons (Fsp3) is 0.394. The van der Waals surface area contributed by atoms with Gasteiger partial charge < -0.3 is 5.11 Å².